The molecule has 0 aliphatic carbocycles. The Morgan fingerprint density at radius 3 is 2.23 bits per heavy atom. The molecule has 2 aromatic rings. The second kappa shape index (κ2) is 15.8. The summed E-state index contributed by atoms with van der Waals surface area (Å²) in [5, 5.41) is 5.52. The topological polar surface area (TPSA) is 106 Å². The number of carbonyl (C=O) groups is 3. The van der Waals surface area contributed by atoms with E-state index >= 15 is 0 Å². The molecule has 0 saturated heterocycles. The average molecular weight is 550 g/mol. The molecule has 2 N–H and O–H groups in total. The van der Waals surface area contributed by atoms with Gasteiger partial charge in [-0.2, -0.15) is 0 Å². The summed E-state index contributed by atoms with van der Waals surface area (Å²) in [6.45, 7) is 8.03. The monoisotopic (exact) mass is 549 g/mol. The van der Waals surface area contributed by atoms with Crippen LogP contribution in [0.3, 0.4) is 0 Å². The highest BCUT2D eigenvalue weighted by molar-refractivity contribution is 5.95. The minimum Gasteiger partial charge on any atom is -0.379 e. The lowest BCUT2D eigenvalue weighted by Gasteiger charge is -2.26. The molecule has 9 nitrogen and oxygen atoms in total. The molecule has 1 aliphatic rings. The van der Waals surface area contributed by atoms with Crippen molar-refractivity contribution in [3.8, 4) is 11.8 Å². The SMILES string of the molecule is CC(C)(C)OCC(=O)NCCOCCOCCC(=O)NCCC(=O)N1Cc2ccccc2C#Cc2ccccc21. The van der Waals surface area contributed by atoms with Crippen molar-refractivity contribution in [1.29, 1.82) is 0 Å². The van der Waals surface area contributed by atoms with E-state index in [2.05, 4.69) is 22.5 Å². The van der Waals surface area contributed by atoms with Gasteiger partial charge < -0.3 is 29.7 Å². The number of rotatable bonds is 14. The summed E-state index contributed by atoms with van der Waals surface area (Å²) in [7, 11) is 0. The van der Waals surface area contributed by atoms with E-state index in [0.29, 0.717) is 32.9 Å². The van der Waals surface area contributed by atoms with Gasteiger partial charge in [0.2, 0.25) is 17.7 Å². The third-order valence-corrected chi connectivity index (χ3v) is 5.88. The van der Waals surface area contributed by atoms with E-state index in [1.807, 2.05) is 69.3 Å². The number of para-hydroxylation sites is 1. The number of hydrogen-bond donors (Lipinski definition) is 2. The van der Waals surface area contributed by atoms with Crippen molar-refractivity contribution in [3.63, 3.8) is 0 Å². The number of anilines is 1. The molecule has 2 aromatic carbocycles. The van der Waals surface area contributed by atoms with E-state index in [1.165, 1.54) is 0 Å². The molecule has 3 amide bonds. The largest absolute Gasteiger partial charge is 0.379 e. The van der Waals surface area contributed by atoms with Gasteiger partial charge in [-0.25, -0.2) is 0 Å². The van der Waals surface area contributed by atoms with Gasteiger partial charge in [-0.3, -0.25) is 14.4 Å². The van der Waals surface area contributed by atoms with Crippen LogP contribution in [0.25, 0.3) is 0 Å². The Morgan fingerprint density at radius 2 is 1.45 bits per heavy atom. The molecule has 0 fully saturated rings. The number of benzene rings is 2. The fraction of sp³-hybridized carbons (Fsp3) is 0.452. The minimum absolute atomic E-state index is 0.0127. The number of carbonyl (C=O) groups excluding carboxylic acids is 3. The van der Waals surface area contributed by atoms with E-state index < -0.39 is 0 Å². The Kier molecular flexibility index (Phi) is 12.2. The van der Waals surface area contributed by atoms with Gasteiger partial charge in [-0.15, -0.1) is 0 Å². The van der Waals surface area contributed by atoms with Crippen LogP contribution in [0, 0.1) is 11.8 Å². The Labute approximate surface area is 236 Å². The molecular weight excluding hydrogens is 510 g/mol. The van der Waals surface area contributed by atoms with Gasteiger partial charge in [0.15, 0.2) is 0 Å². The van der Waals surface area contributed by atoms with Crippen LogP contribution in [0.15, 0.2) is 48.5 Å². The number of nitrogens with one attached hydrogen (secondary N) is 2. The lowest BCUT2D eigenvalue weighted by molar-refractivity contribution is -0.130. The zero-order chi connectivity index (χ0) is 28.8. The predicted octanol–water partition coefficient (Wildman–Crippen LogP) is 2.79. The van der Waals surface area contributed by atoms with Gasteiger partial charge >= 0.3 is 0 Å². The summed E-state index contributed by atoms with van der Waals surface area (Å²) in [4.78, 5) is 38.8. The molecule has 1 aliphatic heterocycles. The van der Waals surface area contributed by atoms with E-state index in [-0.39, 0.29) is 55.9 Å². The Morgan fingerprint density at radius 1 is 0.800 bits per heavy atom. The second-order valence-corrected chi connectivity index (χ2v) is 10.2. The van der Waals surface area contributed by atoms with Crippen LogP contribution in [-0.4, -0.2) is 69.4 Å². The summed E-state index contributed by atoms with van der Waals surface area (Å²) in [5.74, 6) is 5.94. The number of amides is 3. The molecule has 1 heterocycles. The first-order valence-corrected chi connectivity index (χ1v) is 13.5. The molecule has 0 radical (unpaired) electrons. The molecule has 0 atom stereocenters. The first kappa shape index (κ1) is 30.8. The van der Waals surface area contributed by atoms with Gasteiger partial charge in [0.05, 0.1) is 44.3 Å². The standard InChI is InChI=1S/C31H39N3O6/c1-31(2,3)40-23-29(36)33-17-19-39-21-20-38-18-15-28(35)32-16-14-30(37)34-22-26-10-5-4-8-24(26)12-13-25-9-6-7-11-27(25)34/h4-11H,14-23H2,1-3H3,(H,32,35)(H,33,36). The lowest BCUT2D eigenvalue weighted by atomic mass is 10.0. The van der Waals surface area contributed by atoms with Gasteiger partial charge in [-0.05, 0) is 44.5 Å². The predicted molar refractivity (Wildman–Crippen MR) is 153 cm³/mol. The lowest BCUT2D eigenvalue weighted by Crippen LogP contribution is -2.35. The third kappa shape index (κ3) is 10.8. The van der Waals surface area contributed by atoms with Crippen molar-refractivity contribution < 1.29 is 28.6 Å². The van der Waals surface area contributed by atoms with Gasteiger partial charge in [0, 0.05) is 37.1 Å². The Balaban J connectivity index is 1.29. The second-order valence-electron chi connectivity index (χ2n) is 10.2. The van der Waals surface area contributed by atoms with Gasteiger partial charge in [0.1, 0.15) is 6.61 Å². The van der Waals surface area contributed by atoms with Gasteiger partial charge in [-0.1, -0.05) is 42.2 Å². The number of ether oxygens (including phenoxy) is 3. The van der Waals surface area contributed by atoms with Crippen molar-refractivity contribution >= 4 is 23.4 Å². The highest BCUT2D eigenvalue weighted by Gasteiger charge is 2.21. The molecule has 0 unspecified atom stereocenters. The van der Waals surface area contributed by atoms with E-state index in [9.17, 15) is 14.4 Å². The molecule has 0 aromatic heterocycles. The van der Waals surface area contributed by atoms with Crippen molar-refractivity contribution in [3.05, 3.63) is 65.2 Å². The maximum atomic E-state index is 13.2. The molecule has 9 heteroatoms. The van der Waals surface area contributed by atoms with Crippen LogP contribution >= 0.6 is 0 Å². The van der Waals surface area contributed by atoms with E-state index in [0.717, 1.165) is 22.4 Å². The zero-order valence-corrected chi connectivity index (χ0v) is 23.6. The normalized spacial score (nSPS) is 12.2. The van der Waals surface area contributed by atoms with Crippen LogP contribution in [0.5, 0.6) is 0 Å². The number of hydrogen-bond acceptors (Lipinski definition) is 6. The maximum absolute atomic E-state index is 13.2. The fourth-order valence-electron chi connectivity index (χ4n) is 3.82. The average Bonchev–Trinajstić information content (AvgIpc) is 2.91. The van der Waals surface area contributed by atoms with Crippen LogP contribution in [0.1, 0.15) is 50.3 Å². The third-order valence-electron chi connectivity index (χ3n) is 5.88. The van der Waals surface area contributed by atoms with Crippen molar-refractivity contribution in [2.24, 2.45) is 0 Å². The van der Waals surface area contributed by atoms with Crippen molar-refractivity contribution in [2.75, 3.05) is 51.0 Å². The van der Waals surface area contributed by atoms with Gasteiger partial charge in [0.25, 0.3) is 0 Å². The summed E-state index contributed by atoms with van der Waals surface area (Å²) < 4.78 is 16.3. The zero-order valence-electron chi connectivity index (χ0n) is 23.6. The Bertz CT molecular complexity index is 1210. The summed E-state index contributed by atoms with van der Waals surface area (Å²) in [6.07, 6.45) is 0.358. The summed E-state index contributed by atoms with van der Waals surface area (Å²) >= 11 is 0. The first-order valence-electron chi connectivity index (χ1n) is 13.5. The number of nitrogens with zero attached hydrogens (tertiary/aromatic N) is 1. The van der Waals surface area contributed by atoms with Crippen LogP contribution < -0.4 is 15.5 Å². The van der Waals surface area contributed by atoms with Crippen LogP contribution in [-0.2, 0) is 35.1 Å². The molecule has 0 bridgehead atoms. The van der Waals surface area contributed by atoms with Crippen LogP contribution in [0.2, 0.25) is 0 Å². The van der Waals surface area contributed by atoms with Crippen molar-refractivity contribution in [2.45, 2.75) is 45.8 Å². The number of fused-ring (bicyclic) bond motifs is 2. The first-order chi connectivity index (χ1) is 19.2. The Hall–Kier alpha value is -3.71. The van der Waals surface area contributed by atoms with E-state index in [4.69, 9.17) is 14.2 Å². The quantitative estimate of drug-likeness (QED) is 0.277. The molecular formula is C31H39N3O6. The molecule has 0 spiro atoms. The molecule has 3 rings (SSSR count). The highest BCUT2D eigenvalue weighted by Crippen LogP contribution is 2.25. The molecule has 0 saturated carbocycles. The molecule has 40 heavy (non-hydrogen) atoms. The summed E-state index contributed by atoms with van der Waals surface area (Å²) in [6, 6.07) is 15.4. The van der Waals surface area contributed by atoms with E-state index in [1.54, 1.807) is 4.90 Å². The van der Waals surface area contributed by atoms with Crippen LogP contribution in [0.4, 0.5) is 5.69 Å². The smallest absolute Gasteiger partial charge is 0.246 e. The summed E-state index contributed by atoms with van der Waals surface area (Å²) in [5.41, 5.74) is 3.10. The fourth-order valence-corrected chi connectivity index (χ4v) is 3.82. The maximum Gasteiger partial charge on any atom is 0.246 e. The molecule has 214 valence electrons. The highest BCUT2D eigenvalue weighted by atomic mass is 16.5. The minimum atomic E-state index is -0.359. The van der Waals surface area contributed by atoms with Crippen molar-refractivity contribution in [1.82, 2.24) is 10.6 Å².